The van der Waals surface area contributed by atoms with E-state index >= 15 is 0 Å². The minimum absolute atomic E-state index is 0.345. The molecule has 6 heteroatoms. The lowest BCUT2D eigenvalue weighted by atomic mass is 9.79. The van der Waals surface area contributed by atoms with Gasteiger partial charge in [0.2, 0.25) is 0 Å². The monoisotopic (exact) mass is 532 g/mol. The van der Waals surface area contributed by atoms with Crippen LogP contribution >= 0.6 is 0 Å². The Morgan fingerprint density at radius 2 is 1.67 bits per heavy atom. The number of ether oxygens (including phenoxy) is 3. The molecule has 0 saturated carbocycles. The van der Waals surface area contributed by atoms with Gasteiger partial charge in [-0.2, -0.15) is 0 Å². The number of hydrogen-bond donors (Lipinski definition) is 2. The molecule has 1 aliphatic carbocycles. The van der Waals surface area contributed by atoms with Crippen LogP contribution < -0.4 is 19.5 Å². The van der Waals surface area contributed by atoms with E-state index in [1.54, 1.807) is 20.3 Å². The van der Waals surface area contributed by atoms with Crippen LogP contribution in [0.2, 0.25) is 0 Å². The predicted molar refractivity (Wildman–Crippen MR) is 159 cm³/mol. The Balaban J connectivity index is 1.35. The minimum atomic E-state index is 0.345. The molecule has 1 atom stereocenters. The van der Waals surface area contributed by atoms with E-state index in [4.69, 9.17) is 14.2 Å². The van der Waals surface area contributed by atoms with Crippen molar-refractivity contribution in [1.82, 2.24) is 4.90 Å². The molecule has 0 aliphatic heterocycles. The molecular weight excluding hydrogens is 488 g/mol. The normalized spacial score (nSPS) is 14.6. The topological polar surface area (TPSA) is 63.2 Å². The van der Waals surface area contributed by atoms with Crippen molar-refractivity contribution in [3.8, 4) is 23.0 Å². The van der Waals surface area contributed by atoms with Crippen LogP contribution in [-0.4, -0.2) is 57.0 Å². The summed E-state index contributed by atoms with van der Waals surface area (Å²) in [6.07, 6.45) is 4.95. The highest BCUT2D eigenvalue weighted by molar-refractivity contribution is 5.62. The molecular formula is C33H44N2O4. The van der Waals surface area contributed by atoms with Gasteiger partial charge < -0.3 is 29.5 Å². The highest BCUT2D eigenvalue weighted by atomic mass is 16.5. The number of benzene rings is 3. The number of nitrogens with zero attached hydrogens (tertiary/aromatic N) is 1. The molecule has 0 amide bonds. The third-order valence-corrected chi connectivity index (χ3v) is 7.87. The predicted octanol–water partition coefficient (Wildman–Crippen LogP) is 6.45. The van der Waals surface area contributed by atoms with Gasteiger partial charge in [0.1, 0.15) is 18.1 Å². The van der Waals surface area contributed by atoms with Crippen molar-refractivity contribution in [3.05, 3.63) is 76.9 Å². The van der Waals surface area contributed by atoms with E-state index in [0.29, 0.717) is 18.3 Å². The van der Waals surface area contributed by atoms with Crippen molar-refractivity contribution in [1.29, 1.82) is 0 Å². The molecule has 0 bridgehead atoms. The average Bonchev–Trinajstić information content (AvgIpc) is 2.97. The number of anilines is 1. The van der Waals surface area contributed by atoms with Gasteiger partial charge in [0.05, 0.1) is 14.2 Å². The van der Waals surface area contributed by atoms with Crippen molar-refractivity contribution in [3.63, 3.8) is 0 Å². The Morgan fingerprint density at radius 1 is 0.923 bits per heavy atom. The Kier molecular flexibility index (Phi) is 10.4. The summed E-state index contributed by atoms with van der Waals surface area (Å²) in [5, 5.41) is 13.6. The molecule has 0 aromatic heterocycles. The fourth-order valence-corrected chi connectivity index (χ4v) is 5.49. The summed E-state index contributed by atoms with van der Waals surface area (Å²) in [7, 11) is 3.37. The number of aromatic hydroxyl groups is 1. The SMILES string of the molecule is CCN(CC)CCOc1ccc(CCCNc2cc(OC)c(OC)cc2C2CCc3cc(O)ccc3C2)cc1. The average molecular weight is 533 g/mol. The number of hydrogen-bond acceptors (Lipinski definition) is 6. The van der Waals surface area contributed by atoms with Crippen LogP contribution in [0.3, 0.4) is 0 Å². The van der Waals surface area contributed by atoms with E-state index < -0.39 is 0 Å². The van der Waals surface area contributed by atoms with Crippen LogP contribution in [0.25, 0.3) is 0 Å². The van der Waals surface area contributed by atoms with Crippen LogP contribution in [0.15, 0.2) is 54.6 Å². The third-order valence-electron chi connectivity index (χ3n) is 7.87. The first-order valence-electron chi connectivity index (χ1n) is 14.3. The summed E-state index contributed by atoms with van der Waals surface area (Å²) in [4.78, 5) is 2.37. The number of likely N-dealkylation sites (N-methyl/N-ethyl adjacent to an activating group) is 1. The number of methoxy groups -OCH3 is 2. The standard InChI is InChI=1S/C33H44N2O4/c1-5-35(6-2)18-19-39-29-15-9-24(10-16-29)8-7-17-34-31-23-33(38-4)32(37-3)22-30(31)27-12-11-26-21-28(36)14-13-25(26)20-27/h9-10,13-16,21-23,27,34,36H,5-8,11-12,17-20H2,1-4H3. The van der Waals surface area contributed by atoms with Crippen LogP contribution in [0.4, 0.5) is 5.69 Å². The second kappa shape index (κ2) is 14.1. The van der Waals surface area contributed by atoms with Crippen molar-refractivity contribution in [2.45, 2.75) is 51.9 Å². The maximum Gasteiger partial charge on any atom is 0.162 e. The lowest BCUT2D eigenvalue weighted by molar-refractivity contribution is 0.223. The quantitative estimate of drug-likeness (QED) is 0.233. The molecule has 4 rings (SSSR count). The molecule has 0 heterocycles. The Labute approximate surface area is 233 Å². The second-order valence-electron chi connectivity index (χ2n) is 10.2. The summed E-state index contributed by atoms with van der Waals surface area (Å²) in [5.41, 5.74) is 6.24. The van der Waals surface area contributed by atoms with Gasteiger partial charge in [-0.25, -0.2) is 0 Å². The van der Waals surface area contributed by atoms with Gasteiger partial charge in [0.25, 0.3) is 0 Å². The highest BCUT2D eigenvalue weighted by Crippen LogP contribution is 2.42. The number of nitrogens with one attached hydrogen (secondary N) is 1. The van der Waals surface area contributed by atoms with Crippen LogP contribution in [0, 0.1) is 0 Å². The van der Waals surface area contributed by atoms with Gasteiger partial charge in [-0.05, 0) is 104 Å². The Bertz CT molecular complexity index is 1190. The van der Waals surface area contributed by atoms with E-state index in [2.05, 4.69) is 66.5 Å². The second-order valence-corrected chi connectivity index (χ2v) is 10.2. The van der Waals surface area contributed by atoms with E-state index in [1.807, 2.05) is 6.07 Å². The van der Waals surface area contributed by atoms with Gasteiger partial charge >= 0.3 is 0 Å². The molecule has 1 aliphatic rings. The smallest absolute Gasteiger partial charge is 0.162 e. The summed E-state index contributed by atoms with van der Waals surface area (Å²) in [5.74, 6) is 3.15. The molecule has 6 nitrogen and oxygen atoms in total. The van der Waals surface area contributed by atoms with Crippen molar-refractivity contribution in [2.24, 2.45) is 0 Å². The molecule has 0 spiro atoms. The zero-order valence-electron chi connectivity index (χ0n) is 24.0. The molecule has 39 heavy (non-hydrogen) atoms. The zero-order valence-corrected chi connectivity index (χ0v) is 24.0. The Morgan fingerprint density at radius 3 is 2.38 bits per heavy atom. The number of phenolic OH excluding ortho intramolecular Hbond substituents is 1. The number of phenols is 1. The fraction of sp³-hybridized carbons (Fsp3) is 0.455. The summed E-state index contributed by atoms with van der Waals surface area (Å²) in [6, 6.07) is 18.5. The van der Waals surface area contributed by atoms with E-state index in [0.717, 1.165) is 81.2 Å². The zero-order chi connectivity index (χ0) is 27.6. The lowest BCUT2D eigenvalue weighted by Gasteiger charge is -2.28. The van der Waals surface area contributed by atoms with Gasteiger partial charge in [0, 0.05) is 24.8 Å². The Hall–Kier alpha value is -3.38. The number of fused-ring (bicyclic) bond motifs is 1. The van der Waals surface area contributed by atoms with Crippen LogP contribution in [0.1, 0.15) is 54.9 Å². The van der Waals surface area contributed by atoms with Gasteiger partial charge in [0.15, 0.2) is 11.5 Å². The number of rotatable bonds is 14. The molecule has 210 valence electrons. The maximum absolute atomic E-state index is 9.88. The molecule has 3 aromatic rings. The highest BCUT2D eigenvalue weighted by Gasteiger charge is 2.24. The van der Waals surface area contributed by atoms with Crippen LogP contribution in [-0.2, 0) is 19.3 Å². The summed E-state index contributed by atoms with van der Waals surface area (Å²) >= 11 is 0. The fourth-order valence-electron chi connectivity index (χ4n) is 5.49. The first kappa shape index (κ1) is 28.6. The third kappa shape index (κ3) is 7.60. The van der Waals surface area contributed by atoms with E-state index in [1.165, 1.54) is 22.3 Å². The molecule has 2 N–H and O–H groups in total. The first-order chi connectivity index (χ1) is 19.0. The maximum atomic E-state index is 9.88. The largest absolute Gasteiger partial charge is 0.508 e. The van der Waals surface area contributed by atoms with Crippen molar-refractivity contribution < 1.29 is 19.3 Å². The van der Waals surface area contributed by atoms with Crippen molar-refractivity contribution >= 4 is 5.69 Å². The lowest BCUT2D eigenvalue weighted by Crippen LogP contribution is -2.27. The molecule has 0 fully saturated rings. The van der Waals surface area contributed by atoms with Crippen LogP contribution in [0.5, 0.6) is 23.0 Å². The van der Waals surface area contributed by atoms with Gasteiger partial charge in [-0.15, -0.1) is 0 Å². The number of aryl methyl sites for hydroxylation is 2. The molecule has 1 unspecified atom stereocenters. The summed E-state index contributed by atoms with van der Waals surface area (Å²) in [6.45, 7) is 9.00. The van der Waals surface area contributed by atoms with E-state index in [-0.39, 0.29) is 0 Å². The van der Waals surface area contributed by atoms with Crippen molar-refractivity contribution in [2.75, 3.05) is 52.3 Å². The van der Waals surface area contributed by atoms with Gasteiger partial charge in [-0.3, -0.25) is 0 Å². The van der Waals surface area contributed by atoms with E-state index in [9.17, 15) is 5.11 Å². The molecule has 3 aromatic carbocycles. The molecule has 0 radical (unpaired) electrons. The first-order valence-corrected chi connectivity index (χ1v) is 14.3. The minimum Gasteiger partial charge on any atom is -0.508 e. The van der Waals surface area contributed by atoms with Gasteiger partial charge in [-0.1, -0.05) is 32.0 Å². The summed E-state index contributed by atoms with van der Waals surface area (Å²) < 4.78 is 17.2. The molecule has 0 saturated heterocycles.